The van der Waals surface area contributed by atoms with Gasteiger partial charge in [0.25, 0.3) is 0 Å². The molecule has 0 radical (unpaired) electrons. The molecule has 0 saturated heterocycles. The van der Waals surface area contributed by atoms with Gasteiger partial charge in [0.05, 0.1) is 11.9 Å². The summed E-state index contributed by atoms with van der Waals surface area (Å²) in [6.45, 7) is 8.20. The van der Waals surface area contributed by atoms with Crippen LogP contribution in [0.4, 0.5) is 5.69 Å². The summed E-state index contributed by atoms with van der Waals surface area (Å²) < 4.78 is 0. The largest absolute Gasteiger partial charge is 0.366 e. The molecule has 1 aliphatic heterocycles. The maximum atomic E-state index is 5.33. The zero-order chi connectivity index (χ0) is 19.2. The standard InChI is InChI=1S/C22H26N4S/c1-16-6-9-19(10-7-16)15-26-12-4-5-21(26)14-23-25-22(27)24-20-11-8-17(2)18(3)13-20/h5-11,13-14H,4,12,15H2,1-3H3,(H2,24,25,27)/b23-14+. The van der Waals surface area contributed by atoms with E-state index in [1.807, 2.05) is 12.3 Å². The van der Waals surface area contributed by atoms with E-state index in [2.05, 4.69) is 84.0 Å². The first-order valence-electron chi connectivity index (χ1n) is 9.19. The molecular weight excluding hydrogens is 352 g/mol. The van der Waals surface area contributed by atoms with Gasteiger partial charge in [-0.15, -0.1) is 0 Å². The Morgan fingerprint density at radius 3 is 2.63 bits per heavy atom. The maximum absolute atomic E-state index is 5.33. The molecule has 4 nitrogen and oxygen atoms in total. The van der Waals surface area contributed by atoms with E-state index >= 15 is 0 Å². The highest BCUT2D eigenvalue weighted by molar-refractivity contribution is 7.80. The molecule has 1 aliphatic rings. The lowest BCUT2D eigenvalue weighted by Crippen LogP contribution is -2.25. The molecule has 5 heteroatoms. The highest BCUT2D eigenvalue weighted by Crippen LogP contribution is 2.17. The van der Waals surface area contributed by atoms with Gasteiger partial charge in [0.15, 0.2) is 5.11 Å². The molecule has 0 aromatic heterocycles. The summed E-state index contributed by atoms with van der Waals surface area (Å²) in [6.07, 6.45) is 5.09. The summed E-state index contributed by atoms with van der Waals surface area (Å²) in [7, 11) is 0. The molecule has 2 N–H and O–H groups in total. The first kappa shape index (κ1) is 19.1. The zero-order valence-corrected chi connectivity index (χ0v) is 16.9. The summed E-state index contributed by atoms with van der Waals surface area (Å²) >= 11 is 5.33. The molecule has 1 heterocycles. The van der Waals surface area contributed by atoms with E-state index in [0.29, 0.717) is 5.11 Å². The average Bonchev–Trinajstić information content (AvgIpc) is 3.07. The van der Waals surface area contributed by atoms with Crippen molar-refractivity contribution in [2.24, 2.45) is 5.10 Å². The van der Waals surface area contributed by atoms with Crippen LogP contribution in [0, 0.1) is 20.8 Å². The van der Waals surface area contributed by atoms with Crippen molar-refractivity contribution in [2.45, 2.75) is 33.7 Å². The molecule has 2 aromatic carbocycles. The number of allylic oxidation sites excluding steroid dienone is 1. The smallest absolute Gasteiger partial charge is 0.191 e. The van der Waals surface area contributed by atoms with Crippen LogP contribution in [0.2, 0.25) is 0 Å². The van der Waals surface area contributed by atoms with Crippen LogP contribution in [0.15, 0.2) is 59.3 Å². The molecule has 2 aromatic rings. The van der Waals surface area contributed by atoms with Gasteiger partial charge in [-0.25, -0.2) is 0 Å². The number of benzene rings is 2. The minimum atomic E-state index is 0.484. The van der Waals surface area contributed by atoms with E-state index in [1.54, 1.807) is 0 Å². The van der Waals surface area contributed by atoms with Crippen molar-refractivity contribution in [3.63, 3.8) is 0 Å². The summed E-state index contributed by atoms with van der Waals surface area (Å²) in [4.78, 5) is 2.33. The van der Waals surface area contributed by atoms with Crippen LogP contribution >= 0.6 is 12.2 Å². The Hall–Kier alpha value is -2.66. The molecule has 140 valence electrons. The molecule has 0 spiro atoms. The van der Waals surface area contributed by atoms with Crippen molar-refractivity contribution in [1.82, 2.24) is 10.3 Å². The second-order valence-corrected chi connectivity index (χ2v) is 7.36. The molecule has 0 fully saturated rings. The molecule has 0 unspecified atom stereocenters. The van der Waals surface area contributed by atoms with E-state index in [1.165, 1.54) is 22.3 Å². The number of hydrogen-bond acceptors (Lipinski definition) is 3. The minimum absolute atomic E-state index is 0.484. The lowest BCUT2D eigenvalue weighted by molar-refractivity contribution is 0.386. The van der Waals surface area contributed by atoms with Crippen LogP contribution < -0.4 is 10.7 Å². The SMILES string of the molecule is Cc1ccc(CN2CCC=C2/C=N/NC(=S)Nc2ccc(C)c(C)c2)cc1. The fourth-order valence-electron chi connectivity index (χ4n) is 2.98. The predicted octanol–water partition coefficient (Wildman–Crippen LogP) is 4.67. The van der Waals surface area contributed by atoms with Crippen LogP contribution in [0.5, 0.6) is 0 Å². The molecule has 0 amide bonds. The first-order chi connectivity index (χ1) is 13.0. The van der Waals surface area contributed by atoms with E-state index in [9.17, 15) is 0 Å². The van der Waals surface area contributed by atoms with Crippen molar-refractivity contribution in [3.05, 3.63) is 76.5 Å². The van der Waals surface area contributed by atoms with E-state index in [0.717, 1.165) is 30.9 Å². The lowest BCUT2D eigenvalue weighted by Gasteiger charge is -2.20. The average molecular weight is 379 g/mol. The third-order valence-electron chi connectivity index (χ3n) is 4.74. The Balaban J connectivity index is 1.52. The molecule has 0 saturated carbocycles. The van der Waals surface area contributed by atoms with Gasteiger partial charge >= 0.3 is 0 Å². The Bertz CT molecular complexity index is 868. The molecule has 27 heavy (non-hydrogen) atoms. The van der Waals surface area contributed by atoms with Gasteiger partial charge in [-0.1, -0.05) is 42.0 Å². The fraction of sp³-hybridized carbons (Fsp3) is 0.273. The van der Waals surface area contributed by atoms with Gasteiger partial charge in [0, 0.05) is 18.8 Å². The number of nitrogens with one attached hydrogen (secondary N) is 2. The van der Waals surface area contributed by atoms with Crippen molar-refractivity contribution in [2.75, 3.05) is 11.9 Å². The predicted molar refractivity (Wildman–Crippen MR) is 118 cm³/mol. The number of thiocarbonyl (C=S) groups is 1. The first-order valence-corrected chi connectivity index (χ1v) is 9.60. The van der Waals surface area contributed by atoms with Crippen molar-refractivity contribution in [3.8, 4) is 0 Å². The van der Waals surface area contributed by atoms with Gasteiger partial charge < -0.3 is 10.2 Å². The number of hydrazone groups is 1. The van der Waals surface area contributed by atoms with Crippen molar-refractivity contribution in [1.29, 1.82) is 0 Å². The normalized spacial score (nSPS) is 13.7. The zero-order valence-electron chi connectivity index (χ0n) is 16.1. The second kappa shape index (κ2) is 8.82. The number of nitrogens with zero attached hydrogens (tertiary/aromatic N) is 2. The monoisotopic (exact) mass is 378 g/mol. The number of hydrogen-bond donors (Lipinski definition) is 2. The van der Waals surface area contributed by atoms with Crippen molar-refractivity contribution >= 4 is 29.2 Å². The third-order valence-corrected chi connectivity index (χ3v) is 4.93. The summed E-state index contributed by atoms with van der Waals surface area (Å²) in [5.41, 5.74) is 10.1. The van der Waals surface area contributed by atoms with Gasteiger partial charge in [-0.2, -0.15) is 5.10 Å². The van der Waals surface area contributed by atoms with E-state index < -0.39 is 0 Å². The van der Waals surface area contributed by atoms with Crippen LogP contribution in [-0.4, -0.2) is 22.8 Å². The summed E-state index contributed by atoms with van der Waals surface area (Å²) in [6, 6.07) is 14.9. The molecular formula is C22H26N4S. The fourth-order valence-corrected chi connectivity index (χ4v) is 3.15. The highest BCUT2D eigenvalue weighted by atomic mass is 32.1. The van der Waals surface area contributed by atoms with Crippen LogP contribution in [-0.2, 0) is 6.54 Å². The highest BCUT2D eigenvalue weighted by Gasteiger charge is 2.13. The van der Waals surface area contributed by atoms with Gasteiger partial charge in [-0.3, -0.25) is 5.43 Å². The number of rotatable bonds is 5. The number of anilines is 1. The topological polar surface area (TPSA) is 39.7 Å². The van der Waals surface area contributed by atoms with E-state index in [-0.39, 0.29) is 0 Å². The molecule has 0 bridgehead atoms. The summed E-state index contributed by atoms with van der Waals surface area (Å²) in [5.74, 6) is 0. The maximum Gasteiger partial charge on any atom is 0.191 e. The van der Waals surface area contributed by atoms with Crippen LogP contribution in [0.25, 0.3) is 0 Å². The Labute approximate surface area is 167 Å². The minimum Gasteiger partial charge on any atom is -0.366 e. The molecule has 3 rings (SSSR count). The summed E-state index contributed by atoms with van der Waals surface area (Å²) in [5, 5.41) is 7.96. The quantitative estimate of drug-likeness (QED) is 0.450. The third kappa shape index (κ3) is 5.41. The van der Waals surface area contributed by atoms with Crippen LogP contribution in [0.1, 0.15) is 28.7 Å². The Kier molecular flexibility index (Phi) is 6.24. The van der Waals surface area contributed by atoms with E-state index in [4.69, 9.17) is 12.2 Å². The second-order valence-electron chi connectivity index (χ2n) is 6.95. The van der Waals surface area contributed by atoms with Gasteiger partial charge in [0.1, 0.15) is 0 Å². The Morgan fingerprint density at radius 2 is 1.89 bits per heavy atom. The van der Waals surface area contributed by atoms with Gasteiger partial charge in [0.2, 0.25) is 0 Å². The molecule has 0 aliphatic carbocycles. The van der Waals surface area contributed by atoms with Crippen LogP contribution in [0.3, 0.4) is 0 Å². The lowest BCUT2D eigenvalue weighted by atomic mass is 10.1. The molecule has 0 atom stereocenters. The van der Waals surface area contributed by atoms with Crippen molar-refractivity contribution < 1.29 is 0 Å². The Morgan fingerprint density at radius 1 is 1.11 bits per heavy atom. The number of aryl methyl sites for hydroxylation is 3. The van der Waals surface area contributed by atoms with Gasteiger partial charge in [-0.05, 0) is 68.2 Å².